The number of anilines is 1. The van der Waals surface area contributed by atoms with Crippen LogP contribution < -0.4 is 5.32 Å². The molecule has 2 N–H and O–H groups in total. The first-order valence-electron chi connectivity index (χ1n) is 5.15. The molecule has 0 fully saturated rings. The van der Waals surface area contributed by atoms with Gasteiger partial charge in [-0.3, -0.25) is 4.79 Å². The zero-order chi connectivity index (χ0) is 13.0. The van der Waals surface area contributed by atoms with Gasteiger partial charge in [0, 0.05) is 6.04 Å². The maximum Gasteiger partial charge on any atom is 0.308 e. The Hall–Kier alpha value is -2.09. The lowest BCUT2D eigenvalue weighted by Gasteiger charge is -2.19. The Bertz CT molecular complexity index is 468. The molecule has 0 saturated carbocycles. The zero-order valence-corrected chi connectivity index (χ0v) is 9.57. The highest BCUT2D eigenvalue weighted by Crippen LogP contribution is 2.20. The molecular weight excluding hydrogens is 223 g/mol. The van der Waals surface area contributed by atoms with Crippen LogP contribution in [0.1, 0.15) is 19.4 Å². The fourth-order valence-electron chi connectivity index (χ4n) is 1.34. The van der Waals surface area contributed by atoms with Crippen molar-refractivity contribution >= 4 is 11.7 Å². The Labute approximate surface area is 98.7 Å². The van der Waals surface area contributed by atoms with Crippen LogP contribution in [0.2, 0.25) is 0 Å². The van der Waals surface area contributed by atoms with Crippen molar-refractivity contribution in [3.05, 3.63) is 29.6 Å². The van der Waals surface area contributed by atoms with E-state index in [1.807, 2.05) is 0 Å². The van der Waals surface area contributed by atoms with Gasteiger partial charge in [0.1, 0.15) is 17.4 Å². The number of nitrogens with one attached hydrogen (secondary N) is 1. The summed E-state index contributed by atoms with van der Waals surface area (Å²) in [5, 5.41) is 20.5. The number of hydrogen-bond acceptors (Lipinski definition) is 3. The molecule has 0 aliphatic carbocycles. The van der Waals surface area contributed by atoms with Crippen LogP contribution >= 0.6 is 0 Å². The summed E-state index contributed by atoms with van der Waals surface area (Å²) in [6.07, 6.45) is 0. The second-order valence-electron chi connectivity index (χ2n) is 3.83. The molecule has 2 atom stereocenters. The molecule has 0 bridgehead atoms. The number of nitriles is 1. The lowest BCUT2D eigenvalue weighted by Crippen LogP contribution is -2.30. The van der Waals surface area contributed by atoms with Crippen LogP contribution in [0, 0.1) is 23.1 Å². The molecule has 0 spiro atoms. The maximum atomic E-state index is 13.3. The molecule has 1 aromatic rings. The van der Waals surface area contributed by atoms with E-state index >= 15 is 0 Å². The van der Waals surface area contributed by atoms with Crippen LogP contribution in [0.3, 0.4) is 0 Å². The summed E-state index contributed by atoms with van der Waals surface area (Å²) in [6, 6.07) is 5.56. The summed E-state index contributed by atoms with van der Waals surface area (Å²) in [4.78, 5) is 10.8. The molecule has 0 radical (unpaired) electrons. The van der Waals surface area contributed by atoms with E-state index in [0.29, 0.717) is 5.69 Å². The highest BCUT2D eigenvalue weighted by Gasteiger charge is 2.20. The van der Waals surface area contributed by atoms with Gasteiger partial charge in [-0.15, -0.1) is 0 Å². The summed E-state index contributed by atoms with van der Waals surface area (Å²) in [6.45, 7) is 3.22. The van der Waals surface area contributed by atoms with E-state index in [1.165, 1.54) is 12.1 Å². The Morgan fingerprint density at radius 2 is 2.18 bits per heavy atom. The van der Waals surface area contributed by atoms with Crippen LogP contribution in [-0.4, -0.2) is 17.1 Å². The number of carbonyl (C=O) groups is 1. The molecule has 1 aromatic carbocycles. The van der Waals surface area contributed by atoms with Crippen LogP contribution in [0.4, 0.5) is 10.1 Å². The number of carboxylic acids is 1. The van der Waals surface area contributed by atoms with E-state index in [4.69, 9.17) is 10.4 Å². The van der Waals surface area contributed by atoms with Gasteiger partial charge in [-0.05, 0) is 26.0 Å². The third-order valence-corrected chi connectivity index (χ3v) is 2.65. The normalized spacial score (nSPS) is 13.5. The molecule has 0 aromatic heterocycles. The Kier molecular flexibility index (Phi) is 4.05. The van der Waals surface area contributed by atoms with Crippen LogP contribution in [0.5, 0.6) is 0 Å². The van der Waals surface area contributed by atoms with E-state index in [0.717, 1.165) is 0 Å². The van der Waals surface area contributed by atoms with Crippen LogP contribution in [-0.2, 0) is 4.79 Å². The minimum absolute atomic E-state index is 0.100. The number of halogens is 1. The first-order valence-corrected chi connectivity index (χ1v) is 5.15. The lowest BCUT2D eigenvalue weighted by atomic mass is 10.0. The third kappa shape index (κ3) is 2.94. The predicted octanol–water partition coefficient (Wildman–Crippen LogP) is 2.22. The first-order chi connectivity index (χ1) is 7.97. The molecule has 4 nitrogen and oxygen atoms in total. The van der Waals surface area contributed by atoms with Crippen molar-refractivity contribution in [3.63, 3.8) is 0 Å². The number of aliphatic carboxylic acids is 1. The van der Waals surface area contributed by atoms with Crippen molar-refractivity contribution in [1.82, 2.24) is 0 Å². The van der Waals surface area contributed by atoms with Crippen molar-refractivity contribution in [1.29, 1.82) is 5.26 Å². The topological polar surface area (TPSA) is 73.1 Å². The number of rotatable bonds is 4. The number of nitrogens with zero attached hydrogens (tertiary/aromatic N) is 1. The average molecular weight is 236 g/mol. The van der Waals surface area contributed by atoms with Crippen molar-refractivity contribution < 1.29 is 14.3 Å². The van der Waals surface area contributed by atoms with Gasteiger partial charge in [0.25, 0.3) is 0 Å². The molecule has 0 aliphatic rings. The first kappa shape index (κ1) is 13.0. The molecule has 17 heavy (non-hydrogen) atoms. The smallest absolute Gasteiger partial charge is 0.308 e. The van der Waals surface area contributed by atoms with Gasteiger partial charge >= 0.3 is 5.97 Å². The lowest BCUT2D eigenvalue weighted by molar-refractivity contribution is -0.141. The fraction of sp³-hybridized carbons (Fsp3) is 0.333. The van der Waals surface area contributed by atoms with Crippen molar-refractivity contribution in [2.75, 3.05) is 5.32 Å². The Morgan fingerprint density at radius 3 is 2.71 bits per heavy atom. The van der Waals surface area contributed by atoms with Crippen LogP contribution in [0.15, 0.2) is 18.2 Å². The molecule has 0 saturated heterocycles. The molecule has 5 heteroatoms. The molecule has 2 unspecified atom stereocenters. The van der Waals surface area contributed by atoms with E-state index in [-0.39, 0.29) is 5.56 Å². The minimum atomic E-state index is -0.945. The summed E-state index contributed by atoms with van der Waals surface area (Å²) in [7, 11) is 0. The van der Waals surface area contributed by atoms with Gasteiger partial charge in [-0.2, -0.15) is 5.26 Å². The fourth-order valence-corrected chi connectivity index (χ4v) is 1.34. The number of carboxylic acid groups (broad SMARTS) is 1. The van der Waals surface area contributed by atoms with Gasteiger partial charge in [0.05, 0.1) is 11.6 Å². The average Bonchev–Trinajstić information content (AvgIpc) is 2.28. The second-order valence-corrected chi connectivity index (χ2v) is 3.83. The quantitative estimate of drug-likeness (QED) is 0.840. The Balaban J connectivity index is 2.93. The monoisotopic (exact) mass is 236 g/mol. The van der Waals surface area contributed by atoms with Crippen molar-refractivity contribution in [2.24, 2.45) is 5.92 Å². The highest BCUT2D eigenvalue weighted by atomic mass is 19.1. The van der Waals surface area contributed by atoms with Crippen molar-refractivity contribution in [3.8, 4) is 6.07 Å². The molecule has 90 valence electrons. The van der Waals surface area contributed by atoms with Gasteiger partial charge in [-0.25, -0.2) is 4.39 Å². The van der Waals surface area contributed by atoms with E-state index in [1.54, 1.807) is 26.0 Å². The van der Waals surface area contributed by atoms with Gasteiger partial charge < -0.3 is 10.4 Å². The predicted molar refractivity (Wildman–Crippen MR) is 61.0 cm³/mol. The van der Waals surface area contributed by atoms with Gasteiger partial charge in [0.15, 0.2) is 0 Å². The molecule has 0 heterocycles. The zero-order valence-electron chi connectivity index (χ0n) is 9.57. The second kappa shape index (κ2) is 5.30. The van der Waals surface area contributed by atoms with E-state index in [2.05, 4.69) is 5.32 Å². The van der Waals surface area contributed by atoms with Gasteiger partial charge in [0.2, 0.25) is 0 Å². The summed E-state index contributed by atoms with van der Waals surface area (Å²) >= 11 is 0. The molecule has 0 aliphatic heterocycles. The molecular formula is C12H13FN2O2. The number of hydrogen-bond donors (Lipinski definition) is 2. The largest absolute Gasteiger partial charge is 0.481 e. The Morgan fingerprint density at radius 1 is 1.53 bits per heavy atom. The molecule has 1 rings (SSSR count). The summed E-state index contributed by atoms with van der Waals surface area (Å²) in [5.41, 5.74) is 0.213. The van der Waals surface area contributed by atoms with E-state index < -0.39 is 23.7 Å². The molecule has 0 amide bonds. The van der Waals surface area contributed by atoms with E-state index in [9.17, 15) is 9.18 Å². The number of benzene rings is 1. The maximum absolute atomic E-state index is 13.3. The standard InChI is InChI=1S/C12H13FN2O2/c1-7(12(16)17)8(2)15-11-5-3-4-10(13)9(11)6-14/h3-5,7-8,15H,1-2H3,(H,16,17). The highest BCUT2D eigenvalue weighted by molar-refractivity contribution is 5.71. The summed E-state index contributed by atoms with van der Waals surface area (Å²) in [5.74, 6) is -2.20. The van der Waals surface area contributed by atoms with Crippen molar-refractivity contribution in [2.45, 2.75) is 19.9 Å². The van der Waals surface area contributed by atoms with Gasteiger partial charge in [-0.1, -0.05) is 6.07 Å². The van der Waals surface area contributed by atoms with Crippen LogP contribution in [0.25, 0.3) is 0 Å². The SMILES string of the molecule is CC(Nc1cccc(F)c1C#N)C(C)C(=O)O. The summed E-state index contributed by atoms with van der Waals surface area (Å²) < 4.78 is 13.3. The minimum Gasteiger partial charge on any atom is -0.481 e. The third-order valence-electron chi connectivity index (χ3n) is 2.65.